The number of para-hydroxylation sites is 1. The van der Waals surface area contributed by atoms with Gasteiger partial charge in [-0.2, -0.15) is 0 Å². The number of hydrogen-bond donors (Lipinski definition) is 1. The SMILES string of the molecule is [2H]c1c([2H])c([2H])c(-c2c([2H])c([2H])[n+]([CH2-])c(-c3[c-]c(-c4cccc5c4nc(-c4cc(C(C)(C)C)cc(C(C)(C)C)c4O)n5-c4ccc(C(C)(C)C(C)(C)C)cc4-c4ccccc4)cc(C(C)(C)C)c3)c2[2H])c([2H])c1[2H].[Pt+2]. The van der Waals surface area contributed by atoms with Gasteiger partial charge in [-0.3, -0.25) is 4.57 Å². The molecule has 2 aromatic heterocycles. The summed E-state index contributed by atoms with van der Waals surface area (Å²) < 4.78 is 73.9. The van der Waals surface area contributed by atoms with Gasteiger partial charge in [0.1, 0.15) is 17.3 Å². The van der Waals surface area contributed by atoms with Crippen molar-refractivity contribution in [3.63, 3.8) is 0 Å². The van der Waals surface area contributed by atoms with Crippen molar-refractivity contribution in [2.45, 2.75) is 119 Å². The van der Waals surface area contributed by atoms with E-state index in [4.69, 9.17) is 14.6 Å². The zero-order chi connectivity index (χ0) is 54.7. The van der Waals surface area contributed by atoms with Gasteiger partial charge < -0.3 is 9.67 Å². The van der Waals surface area contributed by atoms with Gasteiger partial charge >= 0.3 is 21.1 Å². The first-order valence-electron chi connectivity index (χ1n) is 26.8. The van der Waals surface area contributed by atoms with Gasteiger partial charge in [0, 0.05) is 18.2 Å². The molecule has 0 aliphatic rings. The zero-order valence-electron chi connectivity index (χ0n) is 49.5. The molecule has 0 saturated heterocycles. The Hall–Kier alpha value is -5.70. The first-order chi connectivity index (χ1) is 34.2. The molecule has 8 rings (SSSR count). The Balaban J connectivity index is 0.00000820. The van der Waals surface area contributed by atoms with Crippen LogP contribution in [0.25, 0.3) is 72.7 Å². The van der Waals surface area contributed by atoms with Gasteiger partial charge in [-0.25, -0.2) is 4.98 Å². The predicted molar refractivity (Wildman–Crippen MR) is 278 cm³/mol. The van der Waals surface area contributed by atoms with E-state index in [1.54, 1.807) is 0 Å². The second-order valence-corrected chi connectivity index (χ2v) is 22.3. The second-order valence-electron chi connectivity index (χ2n) is 22.3. The number of hydrogen-bond acceptors (Lipinski definition) is 2. The molecule has 0 spiro atoms. The van der Waals surface area contributed by atoms with Crippen LogP contribution in [0.3, 0.4) is 0 Å². The molecule has 0 radical (unpaired) electrons. The van der Waals surface area contributed by atoms with Crippen LogP contribution in [0.15, 0.2) is 139 Å². The molecule has 2 heterocycles. The third kappa shape index (κ3) is 9.45. The number of aromatic hydroxyl groups is 1. The summed E-state index contributed by atoms with van der Waals surface area (Å²) in [5, 5.41) is 12.7. The van der Waals surface area contributed by atoms with E-state index < -0.39 is 53.3 Å². The molecular formula is C62H68N3OPt+. The van der Waals surface area contributed by atoms with Crippen molar-refractivity contribution < 1.29 is 41.7 Å². The summed E-state index contributed by atoms with van der Waals surface area (Å²) in [6, 6.07) is 30.9. The van der Waals surface area contributed by atoms with Crippen LogP contribution in [-0.4, -0.2) is 14.7 Å². The van der Waals surface area contributed by atoms with Crippen molar-refractivity contribution in [1.82, 2.24) is 9.55 Å². The Bertz CT molecular complexity index is 3540. The minimum atomic E-state index is -0.608. The number of benzene rings is 6. The Labute approximate surface area is 426 Å². The Morgan fingerprint density at radius 2 is 1.24 bits per heavy atom. The number of fused-ring (bicyclic) bond motifs is 1. The van der Waals surface area contributed by atoms with Gasteiger partial charge in [0.05, 0.1) is 39.4 Å². The zero-order valence-corrected chi connectivity index (χ0v) is 43.7. The van der Waals surface area contributed by atoms with Crippen molar-refractivity contribution >= 4 is 11.0 Å². The Morgan fingerprint density at radius 1 is 0.612 bits per heavy atom. The Morgan fingerprint density at radius 3 is 1.87 bits per heavy atom. The van der Waals surface area contributed by atoms with Gasteiger partial charge in [0.25, 0.3) is 0 Å². The number of pyridine rings is 1. The molecule has 6 aromatic carbocycles. The minimum Gasteiger partial charge on any atom is -0.507 e. The molecule has 346 valence electrons. The number of phenols is 1. The van der Waals surface area contributed by atoms with E-state index in [1.165, 1.54) is 10.1 Å². The van der Waals surface area contributed by atoms with E-state index in [0.717, 1.165) is 39.0 Å². The van der Waals surface area contributed by atoms with E-state index in [1.807, 2.05) is 48.5 Å². The van der Waals surface area contributed by atoms with E-state index in [9.17, 15) is 6.48 Å². The smallest absolute Gasteiger partial charge is 0.507 e. The van der Waals surface area contributed by atoms with Gasteiger partial charge in [0.2, 0.25) is 0 Å². The van der Waals surface area contributed by atoms with E-state index in [-0.39, 0.29) is 65.9 Å². The van der Waals surface area contributed by atoms with Crippen molar-refractivity contribution in [3.05, 3.63) is 175 Å². The maximum absolute atomic E-state index is 12.7. The summed E-state index contributed by atoms with van der Waals surface area (Å²) in [5.41, 5.74) is 8.26. The van der Waals surface area contributed by atoms with Crippen LogP contribution in [0, 0.1) is 18.5 Å². The average molecular weight is 1070 g/mol. The third-order valence-electron chi connectivity index (χ3n) is 13.5. The van der Waals surface area contributed by atoms with Crippen LogP contribution in [0.2, 0.25) is 0 Å². The van der Waals surface area contributed by atoms with Crippen molar-refractivity contribution in [1.29, 1.82) is 0 Å². The molecule has 0 saturated carbocycles. The van der Waals surface area contributed by atoms with Crippen LogP contribution in [0.1, 0.15) is 130 Å². The summed E-state index contributed by atoms with van der Waals surface area (Å²) in [5.74, 6) is 0.673. The molecule has 67 heavy (non-hydrogen) atoms. The summed E-state index contributed by atoms with van der Waals surface area (Å²) in [4.78, 5) is 5.62. The number of nitrogens with zero attached hydrogens (tertiary/aromatic N) is 3. The fourth-order valence-corrected chi connectivity index (χ4v) is 8.34. The molecule has 1 N–H and O–H groups in total. The summed E-state index contributed by atoms with van der Waals surface area (Å²) in [6.07, 6.45) is -0.419. The quantitative estimate of drug-likeness (QED) is 0.128. The van der Waals surface area contributed by atoms with Gasteiger partial charge in [-0.05, 0) is 91.2 Å². The first-order valence-corrected chi connectivity index (χ1v) is 22.8. The molecule has 0 bridgehead atoms. The van der Waals surface area contributed by atoms with Crippen LogP contribution in [0.4, 0.5) is 0 Å². The second kappa shape index (κ2) is 17.7. The standard InChI is InChI=1S/C62H68N3O.Pt/c1-58(2,3)46-34-43(33-44(35-46)54-36-42(31-32-64(54)15)40-23-18-16-19-24-40)48-27-22-28-53-55(48)63-57(50-38-47(59(4,5)6)39-51(56(50)66)60(7,8)9)65(53)52-30-29-45(62(13,14)61(10,11)12)37-49(52)41-25-20-17-21-26-41;/h16-32,34-39,66H,15H2,1-14H3;/q-1;+2/i16D,18D,19D,23D,24D,31D,32D,36D;. The molecule has 4 nitrogen and oxygen atoms in total. The molecule has 0 aliphatic carbocycles. The molecule has 0 fully saturated rings. The van der Waals surface area contributed by atoms with Crippen LogP contribution >= 0.6 is 0 Å². The van der Waals surface area contributed by atoms with Crippen molar-refractivity contribution in [2.24, 2.45) is 5.41 Å². The fraction of sp³-hybridized carbons (Fsp3) is 0.306. The summed E-state index contributed by atoms with van der Waals surface area (Å²) in [7, 11) is 4.13. The maximum Gasteiger partial charge on any atom is 2.00 e. The van der Waals surface area contributed by atoms with E-state index in [0.29, 0.717) is 33.6 Å². The van der Waals surface area contributed by atoms with Crippen LogP contribution in [-0.2, 0) is 42.7 Å². The average Bonchev–Trinajstić information content (AvgIpc) is 3.71. The van der Waals surface area contributed by atoms with Gasteiger partial charge in [0.15, 0.2) is 0 Å². The molecule has 5 heteroatoms. The number of aromatic nitrogens is 3. The minimum absolute atomic E-state index is 0. The van der Waals surface area contributed by atoms with Crippen LogP contribution < -0.4 is 4.57 Å². The Kier molecular flexibility index (Phi) is 10.4. The number of rotatable bonds is 7. The number of phenolic OH excluding ortho intramolecular Hbond substituents is 1. The third-order valence-corrected chi connectivity index (χ3v) is 13.5. The summed E-state index contributed by atoms with van der Waals surface area (Å²) in [6.45, 7) is 30.4. The molecule has 0 aliphatic heterocycles. The topological polar surface area (TPSA) is 41.9 Å². The maximum atomic E-state index is 12.7. The van der Waals surface area contributed by atoms with Crippen LogP contribution in [0.5, 0.6) is 5.75 Å². The monoisotopic (exact) mass is 1070 g/mol. The van der Waals surface area contributed by atoms with Gasteiger partial charge in [-0.1, -0.05) is 193 Å². The number of imidazole rings is 1. The first kappa shape index (κ1) is 39.3. The molecular weight excluding hydrogens is 998 g/mol. The fourth-order valence-electron chi connectivity index (χ4n) is 8.34. The van der Waals surface area contributed by atoms with E-state index in [2.05, 4.69) is 157 Å². The van der Waals surface area contributed by atoms with Crippen molar-refractivity contribution in [3.8, 4) is 67.5 Å². The molecule has 0 amide bonds. The van der Waals surface area contributed by atoms with Crippen molar-refractivity contribution in [2.75, 3.05) is 0 Å². The normalized spacial score (nSPS) is 14.3. The molecule has 0 unspecified atom stereocenters. The largest absolute Gasteiger partial charge is 2.00 e. The molecule has 8 aromatic rings. The molecule has 0 atom stereocenters. The van der Waals surface area contributed by atoms with E-state index >= 15 is 0 Å². The van der Waals surface area contributed by atoms with Gasteiger partial charge in [-0.15, -0.1) is 29.3 Å². The predicted octanol–water partition coefficient (Wildman–Crippen LogP) is 16.0. The summed E-state index contributed by atoms with van der Waals surface area (Å²) >= 11 is 0.